The molecule has 2 aromatic carbocycles. The number of ether oxygens (including phenoxy) is 2. The van der Waals surface area contributed by atoms with Crippen LogP contribution in [0.2, 0.25) is 0 Å². The molecule has 7 rings (SSSR count). The van der Waals surface area contributed by atoms with Gasteiger partial charge >= 0.3 is 5.01 Å². The number of benzene rings is 2. The molecule has 4 aromatic rings. The first-order valence-electron chi connectivity index (χ1n) is 11.6. The van der Waals surface area contributed by atoms with Crippen LogP contribution in [0.4, 0.5) is 5.69 Å². The molecule has 0 aliphatic carbocycles. The molecule has 3 aliphatic rings. The van der Waals surface area contributed by atoms with Crippen molar-refractivity contribution in [3.63, 3.8) is 0 Å². The van der Waals surface area contributed by atoms with Crippen LogP contribution >= 0.6 is 34.4 Å². The number of anilines is 1. The van der Waals surface area contributed by atoms with Crippen LogP contribution in [0.15, 0.2) is 69.0 Å². The van der Waals surface area contributed by atoms with E-state index in [1.807, 2.05) is 17.6 Å². The Kier molecular flexibility index (Phi) is 6.11. The zero-order chi connectivity index (χ0) is 23.5. The summed E-state index contributed by atoms with van der Waals surface area (Å²) in [4.78, 5) is 17.0. The van der Waals surface area contributed by atoms with E-state index in [9.17, 15) is 4.79 Å². The average molecular weight is 556 g/mol. The predicted molar refractivity (Wildman–Crippen MR) is 141 cm³/mol. The van der Waals surface area contributed by atoms with Gasteiger partial charge in [0.15, 0.2) is 12.3 Å². The third-order valence-electron chi connectivity index (χ3n) is 6.43. The summed E-state index contributed by atoms with van der Waals surface area (Å²) in [5.74, 6) is 1.56. The largest absolute Gasteiger partial charge is 1.00 e. The minimum Gasteiger partial charge on any atom is -1.00 e. The third-order valence-corrected chi connectivity index (χ3v) is 9.89. The summed E-state index contributed by atoms with van der Waals surface area (Å²) in [6, 6.07) is 16.8. The molecule has 3 aliphatic heterocycles. The van der Waals surface area contributed by atoms with E-state index in [0.717, 1.165) is 39.3 Å². The molecule has 6 nitrogen and oxygen atoms in total. The van der Waals surface area contributed by atoms with Crippen LogP contribution in [-0.4, -0.2) is 24.3 Å². The summed E-state index contributed by atoms with van der Waals surface area (Å²) >= 11 is 4.91. The monoisotopic (exact) mass is 555 g/mol. The first-order valence-corrected chi connectivity index (χ1v) is 14.1. The summed E-state index contributed by atoms with van der Waals surface area (Å²) in [7, 11) is 0. The normalized spacial score (nSPS) is 18.4. The first-order chi connectivity index (χ1) is 17.2. The van der Waals surface area contributed by atoms with E-state index >= 15 is 0 Å². The molecule has 0 atom stereocenters. The molecule has 2 aromatic heterocycles. The Hall–Kier alpha value is -2.72. The molecule has 0 radical (unpaired) electrons. The highest BCUT2D eigenvalue weighted by Crippen LogP contribution is 2.48. The average Bonchev–Trinajstić information content (AvgIpc) is 3.56. The number of halogens is 1. The molecule has 0 spiro atoms. The third kappa shape index (κ3) is 3.60. The van der Waals surface area contributed by atoms with Gasteiger partial charge in [-0.25, -0.2) is 0 Å². The molecule has 184 valence electrons. The van der Waals surface area contributed by atoms with Crippen LogP contribution in [0.5, 0.6) is 0 Å². The van der Waals surface area contributed by atoms with Gasteiger partial charge in [-0.2, -0.15) is 4.57 Å². The van der Waals surface area contributed by atoms with Crippen LogP contribution in [0.3, 0.4) is 0 Å². The standard InChI is InChI=1S/C26H22N3O3S3.ClH/c1-2-27-23(30)21(15-18-24-28(11-13-31-18)16-7-3-5-9-19(16)33-24)35-25(27)22-26-29(12-14-32-22)17-8-4-6-10-20(17)34-26;/h3-10,15H,2,11-14H2,1H3;1H/q+1;/p-1. The molecular weight excluding hydrogens is 534 g/mol. The van der Waals surface area contributed by atoms with Crippen molar-refractivity contribution in [2.24, 2.45) is 0 Å². The van der Waals surface area contributed by atoms with Crippen molar-refractivity contribution in [1.29, 1.82) is 0 Å². The second kappa shape index (κ2) is 9.30. The van der Waals surface area contributed by atoms with Gasteiger partial charge in [0.2, 0.25) is 11.3 Å². The number of hydrogen-bond donors (Lipinski definition) is 0. The van der Waals surface area contributed by atoms with Crippen molar-refractivity contribution < 1.29 is 26.4 Å². The molecule has 0 saturated carbocycles. The summed E-state index contributed by atoms with van der Waals surface area (Å²) in [5.41, 5.74) is 2.42. The van der Waals surface area contributed by atoms with Crippen molar-refractivity contribution >= 4 is 62.2 Å². The van der Waals surface area contributed by atoms with Gasteiger partial charge in [-0.05, 0) is 25.1 Å². The number of thiazole rings is 2. The zero-order valence-electron chi connectivity index (χ0n) is 19.4. The van der Waals surface area contributed by atoms with Gasteiger partial charge in [-0.1, -0.05) is 47.4 Å². The molecule has 0 saturated heterocycles. The number of aromatic nitrogens is 2. The molecular formula is C26H22ClN3O3S3. The van der Waals surface area contributed by atoms with E-state index in [0.29, 0.717) is 24.3 Å². The molecule has 36 heavy (non-hydrogen) atoms. The Bertz CT molecular complexity index is 1720. The van der Waals surface area contributed by atoms with Crippen molar-refractivity contribution in [1.82, 2.24) is 4.57 Å². The fourth-order valence-corrected chi connectivity index (χ4v) is 8.38. The SMILES string of the molecule is CCn1c(=C2OCC[n+]3c2sc2ccccc23)sc(=CC2=C3Sc4ccccc4N3CCO2)c1=O.[Cl-]. The fraction of sp³-hybridized carbons (Fsp3) is 0.231. The van der Waals surface area contributed by atoms with Gasteiger partial charge in [0.05, 0.1) is 16.8 Å². The Morgan fingerprint density at radius 3 is 2.78 bits per heavy atom. The topological polar surface area (TPSA) is 47.6 Å². The second-order valence-corrected chi connectivity index (χ2v) is 11.5. The summed E-state index contributed by atoms with van der Waals surface area (Å²) in [5, 5.41) is 2.12. The van der Waals surface area contributed by atoms with Crippen molar-refractivity contribution in [3.8, 4) is 0 Å². The van der Waals surface area contributed by atoms with Gasteiger partial charge in [-0.15, -0.1) is 11.3 Å². The fourth-order valence-electron chi connectivity index (χ4n) is 4.83. The number of nitrogens with zero attached hydrogens (tertiary/aromatic N) is 3. The van der Waals surface area contributed by atoms with E-state index in [1.54, 1.807) is 23.1 Å². The van der Waals surface area contributed by atoms with E-state index in [2.05, 4.69) is 58.0 Å². The Balaban J connectivity index is 0.00000240. The maximum Gasteiger partial charge on any atom is 0.308 e. The van der Waals surface area contributed by atoms with E-state index < -0.39 is 0 Å². The summed E-state index contributed by atoms with van der Waals surface area (Å²) in [6.45, 7) is 5.38. The molecule has 0 unspecified atom stereocenters. The van der Waals surface area contributed by atoms with Gasteiger partial charge in [0.25, 0.3) is 5.56 Å². The maximum absolute atomic E-state index is 13.5. The van der Waals surface area contributed by atoms with Crippen LogP contribution in [0.1, 0.15) is 11.9 Å². The lowest BCUT2D eigenvalue weighted by molar-refractivity contribution is -0.677. The quantitative estimate of drug-likeness (QED) is 0.331. The highest BCUT2D eigenvalue weighted by Gasteiger charge is 2.32. The Labute approximate surface area is 225 Å². The van der Waals surface area contributed by atoms with E-state index in [4.69, 9.17) is 9.47 Å². The maximum atomic E-state index is 13.5. The molecule has 10 heteroatoms. The molecule has 0 fully saturated rings. The second-order valence-electron chi connectivity index (χ2n) is 8.41. The lowest BCUT2D eigenvalue weighted by atomic mass is 10.3. The Morgan fingerprint density at radius 1 is 1.06 bits per heavy atom. The van der Waals surface area contributed by atoms with Gasteiger partial charge in [0.1, 0.15) is 27.6 Å². The van der Waals surface area contributed by atoms with Gasteiger partial charge < -0.3 is 26.8 Å². The van der Waals surface area contributed by atoms with Crippen LogP contribution in [0.25, 0.3) is 22.1 Å². The summed E-state index contributed by atoms with van der Waals surface area (Å²) in [6.07, 6.45) is 1.92. The van der Waals surface area contributed by atoms with Crippen LogP contribution in [-0.2, 0) is 22.6 Å². The zero-order valence-corrected chi connectivity index (χ0v) is 22.6. The van der Waals surface area contributed by atoms with Crippen LogP contribution < -0.4 is 36.6 Å². The highest BCUT2D eigenvalue weighted by molar-refractivity contribution is 8.03. The molecule has 0 bridgehead atoms. The molecule has 5 heterocycles. The summed E-state index contributed by atoms with van der Waals surface area (Å²) < 4.78 is 19.2. The predicted octanol–water partition coefficient (Wildman–Crippen LogP) is 0.215. The highest BCUT2D eigenvalue weighted by atomic mass is 35.5. The van der Waals surface area contributed by atoms with Gasteiger partial charge in [0, 0.05) is 23.6 Å². The van der Waals surface area contributed by atoms with Crippen molar-refractivity contribution in [2.75, 3.05) is 24.7 Å². The minimum absolute atomic E-state index is 0. The van der Waals surface area contributed by atoms with E-state index in [1.165, 1.54) is 32.1 Å². The van der Waals surface area contributed by atoms with Crippen LogP contribution in [0, 0.1) is 0 Å². The molecule has 0 N–H and O–H groups in total. The lowest BCUT2D eigenvalue weighted by Crippen LogP contribution is -3.00. The Morgan fingerprint density at radius 2 is 1.89 bits per heavy atom. The number of rotatable bonds is 2. The van der Waals surface area contributed by atoms with Crippen molar-refractivity contribution in [3.05, 3.63) is 83.9 Å². The number of allylic oxidation sites excluding steroid dienone is 1. The minimum atomic E-state index is -0.00355. The number of hydrogen-bond acceptors (Lipinski definition) is 7. The number of thioether (sulfide) groups is 1. The van der Waals surface area contributed by atoms with Crippen molar-refractivity contribution in [2.45, 2.75) is 24.9 Å². The van der Waals surface area contributed by atoms with E-state index in [-0.39, 0.29) is 18.0 Å². The molecule has 0 amide bonds. The number of fused-ring (bicyclic) bond motifs is 6. The lowest BCUT2D eigenvalue weighted by Gasteiger charge is -2.27. The smallest absolute Gasteiger partial charge is 0.308 e. The first kappa shape index (κ1) is 23.7. The van der Waals surface area contributed by atoms with Gasteiger partial charge in [-0.3, -0.25) is 9.36 Å². The number of para-hydroxylation sites is 2.